The third kappa shape index (κ3) is 2.84. The third-order valence-corrected chi connectivity index (χ3v) is 2.33. The first-order valence-corrected chi connectivity index (χ1v) is 5.57. The molecule has 1 atom stereocenters. The number of esters is 1. The van der Waals surface area contributed by atoms with Crippen molar-refractivity contribution in [3.63, 3.8) is 0 Å². The number of aromatic nitrogens is 4. The van der Waals surface area contributed by atoms with Crippen LogP contribution >= 0.6 is 0 Å². The van der Waals surface area contributed by atoms with Crippen molar-refractivity contribution in [1.29, 1.82) is 0 Å². The normalized spacial score (nSPS) is 12.2. The van der Waals surface area contributed by atoms with Gasteiger partial charge in [0.05, 0.1) is 0 Å². The zero-order chi connectivity index (χ0) is 14.0. The summed E-state index contributed by atoms with van der Waals surface area (Å²) in [5, 5.41) is 3.62. The van der Waals surface area contributed by atoms with Gasteiger partial charge in [-0.05, 0) is 20.8 Å². The van der Waals surface area contributed by atoms with E-state index >= 15 is 0 Å². The Hall–Kier alpha value is -2.51. The molecular weight excluding hydrogens is 250 g/mol. The molecule has 8 nitrogen and oxygen atoms in total. The Balaban J connectivity index is 2.12. The number of anilines is 1. The van der Waals surface area contributed by atoms with E-state index in [4.69, 9.17) is 15.0 Å². The number of nitrogens with two attached hydrogens (primary N) is 1. The molecule has 1 unspecified atom stereocenters. The molecular formula is C11H13N5O3. The van der Waals surface area contributed by atoms with Gasteiger partial charge >= 0.3 is 5.97 Å². The van der Waals surface area contributed by atoms with E-state index in [1.54, 1.807) is 20.8 Å². The number of ether oxygens (including phenoxy) is 1. The zero-order valence-electron chi connectivity index (χ0n) is 10.7. The summed E-state index contributed by atoms with van der Waals surface area (Å²) in [4.78, 5) is 23.7. The van der Waals surface area contributed by atoms with Crippen LogP contribution in [0.25, 0.3) is 0 Å². The van der Waals surface area contributed by atoms with Gasteiger partial charge in [0.1, 0.15) is 17.2 Å². The number of hydrogen-bond donors (Lipinski definition) is 1. The second-order valence-corrected chi connectivity index (χ2v) is 3.94. The second kappa shape index (κ2) is 5.01. The molecule has 0 saturated heterocycles. The maximum atomic E-state index is 11.9. The summed E-state index contributed by atoms with van der Waals surface area (Å²) in [5.41, 5.74) is 5.74. The third-order valence-electron chi connectivity index (χ3n) is 2.33. The molecule has 0 saturated carbocycles. The van der Waals surface area contributed by atoms with E-state index in [1.165, 1.54) is 6.20 Å². The zero-order valence-corrected chi connectivity index (χ0v) is 10.7. The van der Waals surface area contributed by atoms with Crippen LogP contribution in [-0.4, -0.2) is 26.1 Å². The van der Waals surface area contributed by atoms with Gasteiger partial charge in [-0.25, -0.2) is 14.8 Å². The number of carbonyl (C=O) groups excluding carboxylic acids is 1. The van der Waals surface area contributed by atoms with Crippen LogP contribution in [0.4, 0.5) is 5.82 Å². The van der Waals surface area contributed by atoms with Crippen LogP contribution in [0.1, 0.15) is 40.9 Å². The fourth-order valence-electron chi connectivity index (χ4n) is 1.40. The molecule has 19 heavy (non-hydrogen) atoms. The molecule has 2 heterocycles. The molecule has 0 spiro atoms. The Morgan fingerprint density at radius 3 is 2.68 bits per heavy atom. The number of rotatable bonds is 3. The van der Waals surface area contributed by atoms with E-state index in [9.17, 15) is 4.79 Å². The monoisotopic (exact) mass is 263 g/mol. The summed E-state index contributed by atoms with van der Waals surface area (Å²) in [6.45, 7) is 4.97. The van der Waals surface area contributed by atoms with Crippen molar-refractivity contribution in [2.45, 2.75) is 26.9 Å². The summed E-state index contributed by atoms with van der Waals surface area (Å²) in [5.74, 6) is 0.607. The number of aryl methyl sites for hydroxylation is 2. The van der Waals surface area contributed by atoms with Crippen LogP contribution in [0.3, 0.4) is 0 Å². The number of nitrogens with zero attached hydrogens (tertiary/aromatic N) is 4. The second-order valence-electron chi connectivity index (χ2n) is 3.94. The highest BCUT2D eigenvalue weighted by Crippen LogP contribution is 2.18. The molecule has 0 aromatic carbocycles. The van der Waals surface area contributed by atoms with Crippen molar-refractivity contribution in [1.82, 2.24) is 20.1 Å². The summed E-state index contributed by atoms with van der Waals surface area (Å²) < 4.78 is 10.1. The topological polar surface area (TPSA) is 117 Å². The number of nitrogen functional groups attached to an aromatic ring is 1. The van der Waals surface area contributed by atoms with Crippen molar-refractivity contribution in [3.8, 4) is 0 Å². The molecule has 0 aliphatic carbocycles. The van der Waals surface area contributed by atoms with Gasteiger partial charge in [0.2, 0.25) is 0 Å². The predicted molar refractivity (Wildman–Crippen MR) is 64.0 cm³/mol. The maximum absolute atomic E-state index is 11.9. The molecule has 100 valence electrons. The minimum atomic E-state index is -0.672. The summed E-state index contributed by atoms with van der Waals surface area (Å²) in [6.07, 6.45) is 0.653. The fraction of sp³-hybridized carbons (Fsp3) is 0.364. The lowest BCUT2D eigenvalue weighted by Gasteiger charge is -2.09. The van der Waals surface area contributed by atoms with E-state index in [0.29, 0.717) is 11.6 Å². The van der Waals surface area contributed by atoms with Crippen LogP contribution < -0.4 is 5.73 Å². The molecule has 2 N–H and O–H groups in total. The van der Waals surface area contributed by atoms with Gasteiger partial charge in [0.15, 0.2) is 11.9 Å². The van der Waals surface area contributed by atoms with E-state index in [-0.39, 0.29) is 17.3 Å². The lowest BCUT2D eigenvalue weighted by Crippen LogP contribution is -2.13. The van der Waals surface area contributed by atoms with E-state index < -0.39 is 12.1 Å². The van der Waals surface area contributed by atoms with Crippen molar-refractivity contribution in [2.75, 3.05) is 5.73 Å². The molecule has 0 bridgehead atoms. The molecule has 0 amide bonds. The largest absolute Gasteiger partial charge is 0.449 e. The molecule has 2 rings (SSSR count). The quantitative estimate of drug-likeness (QED) is 0.814. The highest BCUT2D eigenvalue weighted by atomic mass is 16.6. The lowest BCUT2D eigenvalue weighted by atomic mass is 10.3. The molecule has 0 aliphatic heterocycles. The molecule has 0 fully saturated rings. The first-order valence-electron chi connectivity index (χ1n) is 5.57. The molecule has 0 aliphatic rings. The number of carbonyl (C=O) groups is 1. The van der Waals surface area contributed by atoms with Crippen molar-refractivity contribution >= 4 is 11.8 Å². The Morgan fingerprint density at radius 1 is 1.37 bits per heavy atom. The summed E-state index contributed by atoms with van der Waals surface area (Å²) in [6, 6.07) is 0. The number of hydrogen-bond acceptors (Lipinski definition) is 8. The molecule has 2 aromatic heterocycles. The van der Waals surface area contributed by atoms with Crippen molar-refractivity contribution in [3.05, 3.63) is 29.3 Å². The van der Waals surface area contributed by atoms with Crippen molar-refractivity contribution in [2.24, 2.45) is 0 Å². The van der Waals surface area contributed by atoms with E-state index in [0.717, 1.165) is 0 Å². The van der Waals surface area contributed by atoms with Crippen LogP contribution in [0, 0.1) is 13.8 Å². The lowest BCUT2D eigenvalue weighted by molar-refractivity contribution is 0.0266. The van der Waals surface area contributed by atoms with Gasteiger partial charge in [0.25, 0.3) is 5.89 Å². The Kier molecular flexibility index (Phi) is 3.41. The highest BCUT2D eigenvalue weighted by molar-refractivity contribution is 5.93. The summed E-state index contributed by atoms with van der Waals surface area (Å²) >= 11 is 0. The van der Waals surface area contributed by atoms with Crippen LogP contribution in [0.5, 0.6) is 0 Å². The van der Waals surface area contributed by atoms with Crippen LogP contribution in [0.15, 0.2) is 10.7 Å². The average molecular weight is 263 g/mol. The molecule has 0 radical (unpaired) electrons. The SMILES string of the molecule is Cc1noc(C(C)OC(=O)c2cnc(C)nc2N)n1. The van der Waals surface area contributed by atoms with Crippen molar-refractivity contribution < 1.29 is 14.1 Å². The Labute approximate surface area is 109 Å². The minimum absolute atomic E-state index is 0.0754. The van der Waals surface area contributed by atoms with Gasteiger partial charge in [-0.15, -0.1) is 0 Å². The standard InChI is InChI=1S/C11H13N5O3/c1-5(10-15-7(3)16-19-10)18-11(17)8-4-13-6(2)14-9(8)12/h4-5H,1-3H3,(H2,12,13,14). The van der Waals surface area contributed by atoms with Gasteiger partial charge in [-0.1, -0.05) is 5.16 Å². The minimum Gasteiger partial charge on any atom is -0.449 e. The van der Waals surface area contributed by atoms with E-state index in [1.807, 2.05) is 0 Å². The first-order chi connectivity index (χ1) is 8.97. The Morgan fingerprint density at radius 2 is 2.11 bits per heavy atom. The molecule has 8 heteroatoms. The van der Waals surface area contributed by atoms with Gasteiger partial charge in [-0.3, -0.25) is 0 Å². The maximum Gasteiger partial charge on any atom is 0.344 e. The highest BCUT2D eigenvalue weighted by Gasteiger charge is 2.21. The fourth-order valence-corrected chi connectivity index (χ4v) is 1.40. The van der Waals surface area contributed by atoms with Gasteiger partial charge in [-0.2, -0.15) is 4.98 Å². The Bertz CT molecular complexity index is 610. The van der Waals surface area contributed by atoms with E-state index in [2.05, 4.69) is 20.1 Å². The van der Waals surface area contributed by atoms with Gasteiger partial charge in [0, 0.05) is 6.20 Å². The summed E-state index contributed by atoms with van der Waals surface area (Å²) in [7, 11) is 0. The first kappa shape index (κ1) is 12.9. The van der Waals surface area contributed by atoms with Gasteiger partial charge < -0.3 is 15.0 Å². The van der Waals surface area contributed by atoms with Crippen LogP contribution in [0.2, 0.25) is 0 Å². The van der Waals surface area contributed by atoms with Crippen LogP contribution in [-0.2, 0) is 4.74 Å². The smallest absolute Gasteiger partial charge is 0.344 e. The molecule has 2 aromatic rings. The average Bonchev–Trinajstić information content (AvgIpc) is 2.75. The predicted octanol–water partition coefficient (Wildman–Crippen LogP) is 0.977.